The zero-order chi connectivity index (χ0) is 24.0. The first-order chi connectivity index (χ1) is 14.7. The van der Waals surface area contributed by atoms with Crippen LogP contribution in [0.25, 0.3) is 6.08 Å². The highest BCUT2D eigenvalue weighted by molar-refractivity contribution is 6.32. The number of carbonyl (C=O) groups excluding carboxylic acids is 1. The highest BCUT2D eigenvalue weighted by Crippen LogP contribution is 2.40. The molecule has 3 rings (SSSR count). The molecule has 0 spiro atoms. The molecule has 0 amide bonds. The monoisotopic (exact) mass is 456 g/mol. The quantitative estimate of drug-likeness (QED) is 0.268. The number of esters is 1. The van der Waals surface area contributed by atoms with Gasteiger partial charge in [-0.05, 0) is 46.7 Å². The second kappa shape index (κ2) is 8.06. The number of aliphatic imine (C=N–C) groups is 1. The summed E-state index contributed by atoms with van der Waals surface area (Å²) in [6, 6.07) is 7.73. The summed E-state index contributed by atoms with van der Waals surface area (Å²) in [4.78, 5) is 27.3. The van der Waals surface area contributed by atoms with Gasteiger partial charge in [0.25, 0.3) is 5.69 Å². The minimum absolute atomic E-state index is 0.0204. The first kappa shape index (κ1) is 23.5. The molecule has 0 saturated carbocycles. The number of benzene rings is 2. The van der Waals surface area contributed by atoms with Gasteiger partial charge in [0.2, 0.25) is 5.90 Å². The molecule has 0 unspecified atom stereocenters. The molecule has 168 valence electrons. The number of rotatable bonds is 3. The lowest BCUT2D eigenvalue weighted by Crippen LogP contribution is -2.17. The fourth-order valence-corrected chi connectivity index (χ4v) is 3.55. The van der Waals surface area contributed by atoms with E-state index in [2.05, 4.69) is 4.99 Å². The molecule has 0 bridgehead atoms. The van der Waals surface area contributed by atoms with Crippen molar-refractivity contribution in [2.24, 2.45) is 4.99 Å². The van der Waals surface area contributed by atoms with Gasteiger partial charge in [-0.3, -0.25) is 10.1 Å². The Morgan fingerprint density at radius 1 is 1.06 bits per heavy atom. The van der Waals surface area contributed by atoms with Crippen LogP contribution in [0.1, 0.15) is 63.8 Å². The van der Waals surface area contributed by atoms with Crippen LogP contribution in [0.3, 0.4) is 0 Å². The summed E-state index contributed by atoms with van der Waals surface area (Å²) in [5, 5.41) is 22.0. The molecule has 0 fully saturated rings. The molecule has 0 saturated heterocycles. The third kappa shape index (κ3) is 4.67. The zero-order valence-corrected chi connectivity index (χ0v) is 19.6. The van der Waals surface area contributed by atoms with Gasteiger partial charge in [-0.1, -0.05) is 53.1 Å². The van der Waals surface area contributed by atoms with E-state index in [1.807, 2.05) is 53.7 Å². The Labute approximate surface area is 191 Å². The van der Waals surface area contributed by atoms with Crippen molar-refractivity contribution in [2.75, 3.05) is 0 Å². The summed E-state index contributed by atoms with van der Waals surface area (Å²) in [6.45, 7) is 12.0. The van der Waals surface area contributed by atoms with Crippen molar-refractivity contribution in [1.29, 1.82) is 0 Å². The number of phenolic OH excluding ortho intramolecular Hbond substituents is 1. The van der Waals surface area contributed by atoms with Gasteiger partial charge in [0.1, 0.15) is 10.8 Å². The Balaban J connectivity index is 2.11. The predicted molar refractivity (Wildman–Crippen MR) is 124 cm³/mol. The first-order valence-electron chi connectivity index (χ1n) is 10.0. The number of hydrogen-bond acceptors (Lipinski definition) is 6. The molecule has 1 aliphatic heterocycles. The second-order valence-electron chi connectivity index (χ2n) is 9.72. The van der Waals surface area contributed by atoms with E-state index < -0.39 is 10.9 Å². The van der Waals surface area contributed by atoms with Gasteiger partial charge in [-0.2, -0.15) is 0 Å². The number of ether oxygens (including phenoxy) is 1. The van der Waals surface area contributed by atoms with Crippen LogP contribution >= 0.6 is 11.6 Å². The van der Waals surface area contributed by atoms with Crippen LogP contribution in [0.2, 0.25) is 5.02 Å². The molecule has 2 aromatic carbocycles. The summed E-state index contributed by atoms with van der Waals surface area (Å²) in [5.74, 6) is -0.467. The van der Waals surface area contributed by atoms with E-state index in [-0.39, 0.29) is 44.4 Å². The Morgan fingerprint density at radius 2 is 1.62 bits per heavy atom. The van der Waals surface area contributed by atoms with Crippen LogP contribution < -0.4 is 0 Å². The van der Waals surface area contributed by atoms with E-state index in [1.165, 1.54) is 18.2 Å². The maximum atomic E-state index is 12.5. The molecule has 8 heteroatoms. The lowest BCUT2D eigenvalue weighted by atomic mass is 9.78. The van der Waals surface area contributed by atoms with Crippen LogP contribution in [-0.2, 0) is 20.4 Å². The first-order valence-corrected chi connectivity index (χ1v) is 10.4. The number of hydrogen-bond donors (Lipinski definition) is 1. The van der Waals surface area contributed by atoms with Crippen LogP contribution in [0.4, 0.5) is 5.69 Å². The fraction of sp³-hybridized carbons (Fsp3) is 0.333. The third-order valence-corrected chi connectivity index (χ3v) is 5.38. The standard InChI is InChI=1S/C24H25ClN2O5/c1-23(2,3)15-9-13(10-16(20(15)28)24(4,5)6)11-18-22(29)32-21(26-18)14-7-8-17(25)19(12-14)27(30)31/h7-12,28H,1-6H3/b18-11-. The van der Waals surface area contributed by atoms with Gasteiger partial charge >= 0.3 is 5.97 Å². The molecule has 2 aromatic rings. The van der Waals surface area contributed by atoms with Gasteiger partial charge in [0.15, 0.2) is 5.70 Å². The topological polar surface area (TPSA) is 102 Å². The number of nitrogens with zero attached hydrogens (tertiary/aromatic N) is 2. The summed E-state index contributed by atoms with van der Waals surface area (Å²) >= 11 is 5.86. The van der Waals surface area contributed by atoms with Gasteiger partial charge in [0.05, 0.1) is 4.92 Å². The number of halogens is 1. The van der Waals surface area contributed by atoms with Crippen molar-refractivity contribution in [3.8, 4) is 5.75 Å². The molecular weight excluding hydrogens is 432 g/mol. The van der Waals surface area contributed by atoms with Crippen molar-refractivity contribution < 1.29 is 19.6 Å². The van der Waals surface area contributed by atoms with Crippen molar-refractivity contribution in [1.82, 2.24) is 0 Å². The van der Waals surface area contributed by atoms with Gasteiger partial charge in [-0.25, -0.2) is 9.79 Å². The Kier molecular flexibility index (Phi) is 5.91. The van der Waals surface area contributed by atoms with Crippen molar-refractivity contribution >= 4 is 35.2 Å². The Morgan fingerprint density at radius 3 is 2.12 bits per heavy atom. The average molecular weight is 457 g/mol. The lowest BCUT2D eigenvalue weighted by Gasteiger charge is -2.27. The van der Waals surface area contributed by atoms with Crippen LogP contribution in [0, 0.1) is 10.1 Å². The lowest BCUT2D eigenvalue weighted by molar-refractivity contribution is -0.384. The molecule has 1 N–H and O–H groups in total. The minimum atomic E-state index is -0.666. The van der Waals surface area contributed by atoms with Crippen molar-refractivity contribution in [2.45, 2.75) is 52.4 Å². The molecule has 0 aromatic heterocycles. The second-order valence-corrected chi connectivity index (χ2v) is 10.1. The molecule has 0 radical (unpaired) electrons. The van der Waals surface area contributed by atoms with Crippen LogP contribution in [0.5, 0.6) is 5.75 Å². The number of cyclic esters (lactones) is 1. The Hall–Kier alpha value is -3.19. The van der Waals surface area contributed by atoms with Crippen molar-refractivity contribution in [3.05, 3.63) is 73.4 Å². The summed E-state index contributed by atoms with van der Waals surface area (Å²) in [6.07, 6.45) is 1.59. The number of phenols is 1. The highest BCUT2D eigenvalue weighted by atomic mass is 35.5. The zero-order valence-electron chi connectivity index (χ0n) is 18.8. The molecule has 1 heterocycles. The molecule has 1 aliphatic rings. The molecule has 32 heavy (non-hydrogen) atoms. The molecule has 0 atom stereocenters. The van der Waals surface area contributed by atoms with E-state index in [1.54, 1.807) is 6.08 Å². The summed E-state index contributed by atoms with van der Waals surface area (Å²) in [5.41, 5.74) is 1.57. The van der Waals surface area contributed by atoms with E-state index in [0.29, 0.717) is 5.56 Å². The average Bonchev–Trinajstić information content (AvgIpc) is 3.01. The van der Waals surface area contributed by atoms with Gasteiger partial charge in [0, 0.05) is 22.8 Å². The largest absolute Gasteiger partial charge is 0.507 e. The van der Waals surface area contributed by atoms with Gasteiger partial charge in [-0.15, -0.1) is 0 Å². The minimum Gasteiger partial charge on any atom is -0.507 e. The van der Waals surface area contributed by atoms with Gasteiger partial charge < -0.3 is 9.84 Å². The maximum absolute atomic E-state index is 12.5. The molecular formula is C24H25ClN2O5. The maximum Gasteiger partial charge on any atom is 0.363 e. The van der Waals surface area contributed by atoms with E-state index in [9.17, 15) is 20.0 Å². The van der Waals surface area contributed by atoms with Crippen LogP contribution in [-0.4, -0.2) is 21.9 Å². The Bertz CT molecular complexity index is 1150. The number of carbonyl (C=O) groups is 1. The highest BCUT2D eigenvalue weighted by Gasteiger charge is 2.29. The predicted octanol–water partition coefficient (Wildman–Crippen LogP) is 5.89. The SMILES string of the molecule is CC(C)(C)c1cc(/C=C2\N=C(c3ccc(Cl)c([N+](=O)[O-])c3)OC2=O)cc(C(C)(C)C)c1O. The van der Waals surface area contributed by atoms with E-state index in [0.717, 1.165) is 11.1 Å². The summed E-state index contributed by atoms with van der Waals surface area (Å²) in [7, 11) is 0. The fourth-order valence-electron chi connectivity index (χ4n) is 3.36. The van der Waals surface area contributed by atoms with Crippen molar-refractivity contribution in [3.63, 3.8) is 0 Å². The number of nitro groups is 1. The van der Waals surface area contributed by atoms with E-state index in [4.69, 9.17) is 16.3 Å². The normalized spacial score (nSPS) is 15.7. The molecule has 0 aliphatic carbocycles. The number of nitro benzene ring substituents is 1. The molecule has 7 nitrogen and oxygen atoms in total. The number of aromatic hydroxyl groups is 1. The van der Waals surface area contributed by atoms with E-state index >= 15 is 0 Å². The third-order valence-electron chi connectivity index (χ3n) is 5.06. The summed E-state index contributed by atoms with van der Waals surface area (Å²) < 4.78 is 5.25. The van der Waals surface area contributed by atoms with Crippen LogP contribution in [0.15, 0.2) is 41.0 Å². The smallest absolute Gasteiger partial charge is 0.363 e.